The van der Waals surface area contributed by atoms with E-state index in [1.54, 1.807) is 0 Å². The predicted molar refractivity (Wildman–Crippen MR) is 103 cm³/mol. The average Bonchev–Trinajstić information content (AvgIpc) is 3.17. The number of rotatable bonds is 3. The van der Waals surface area contributed by atoms with Crippen molar-refractivity contribution in [3.63, 3.8) is 0 Å². The third-order valence-electron chi connectivity index (χ3n) is 5.01. The van der Waals surface area contributed by atoms with E-state index < -0.39 is 0 Å². The molecule has 0 aromatic carbocycles. The molecule has 4 aliphatic carbocycles. The summed E-state index contributed by atoms with van der Waals surface area (Å²) in [6, 6.07) is 26.8. The molecule has 0 aromatic rings. The lowest BCUT2D eigenvalue weighted by Gasteiger charge is -2.01. The summed E-state index contributed by atoms with van der Waals surface area (Å²) in [4.78, 5) is 0. The summed E-state index contributed by atoms with van der Waals surface area (Å²) in [5.74, 6) is 0. The van der Waals surface area contributed by atoms with Gasteiger partial charge in [-0.1, -0.05) is 72.8 Å². The Morgan fingerprint density at radius 2 is 1.00 bits per heavy atom. The number of hydrogen-bond donors (Lipinski definition) is 0. The average molecular weight is 310 g/mol. The highest BCUT2D eigenvalue weighted by atomic mass is 14.1. The van der Waals surface area contributed by atoms with Crippen LogP contribution in [0.25, 0.3) is 22.3 Å². The summed E-state index contributed by atoms with van der Waals surface area (Å²) in [5, 5.41) is 0. The quantitative estimate of drug-likeness (QED) is 0.416. The first-order valence-electron chi connectivity index (χ1n) is 8.67. The molecule has 4 rings (SSSR count). The van der Waals surface area contributed by atoms with Crippen molar-refractivity contribution in [2.45, 2.75) is 26.7 Å². The molecule has 24 heavy (non-hydrogen) atoms. The highest BCUT2D eigenvalue weighted by Gasteiger charge is 2.06. The normalized spacial score (nSPS) is 11.2. The van der Waals surface area contributed by atoms with Crippen LogP contribution in [0.2, 0.25) is 0 Å². The second-order valence-electron chi connectivity index (χ2n) is 6.76. The molecule has 0 fully saturated rings. The Kier molecular flexibility index (Phi) is 3.82. The Morgan fingerprint density at radius 1 is 0.542 bits per heavy atom. The molecule has 0 amide bonds. The van der Waals surface area contributed by atoms with Crippen LogP contribution in [0.1, 0.15) is 22.3 Å². The van der Waals surface area contributed by atoms with Gasteiger partial charge in [-0.3, -0.25) is 0 Å². The minimum atomic E-state index is 1.08. The maximum atomic E-state index is 2.34. The van der Waals surface area contributed by atoms with Crippen LogP contribution in [0.15, 0.2) is 72.8 Å². The molecule has 0 atom stereocenters. The van der Waals surface area contributed by atoms with Gasteiger partial charge in [-0.25, -0.2) is 0 Å². The third kappa shape index (κ3) is 2.80. The lowest BCUT2D eigenvalue weighted by molar-refractivity contribution is 0.961. The zero-order valence-electron chi connectivity index (χ0n) is 14.3. The van der Waals surface area contributed by atoms with Crippen LogP contribution in [0, 0.1) is 13.8 Å². The molecule has 0 N–H and O–H groups in total. The predicted octanol–water partition coefficient (Wildman–Crippen LogP) is 6.30. The Balaban J connectivity index is 1.61. The van der Waals surface area contributed by atoms with Gasteiger partial charge in [0, 0.05) is 0 Å². The van der Waals surface area contributed by atoms with Gasteiger partial charge in [0.05, 0.1) is 0 Å². The van der Waals surface area contributed by atoms with Crippen molar-refractivity contribution < 1.29 is 0 Å². The molecule has 0 heterocycles. The van der Waals surface area contributed by atoms with Gasteiger partial charge in [-0.15, -0.1) is 0 Å². The molecule has 0 bridgehead atoms. The van der Waals surface area contributed by atoms with Crippen molar-refractivity contribution in [2.75, 3.05) is 0 Å². The fourth-order valence-corrected chi connectivity index (χ4v) is 3.68. The minimum absolute atomic E-state index is 1.08. The van der Waals surface area contributed by atoms with Gasteiger partial charge < -0.3 is 0 Å². The molecular weight excluding hydrogens is 288 g/mol. The maximum Gasteiger partial charge on any atom is -0.0155 e. The fraction of sp³-hybridized carbons (Fsp3) is 0.167. The minimum Gasteiger partial charge on any atom is -0.0610 e. The zero-order valence-corrected chi connectivity index (χ0v) is 14.3. The van der Waals surface area contributed by atoms with E-state index >= 15 is 0 Å². The van der Waals surface area contributed by atoms with E-state index in [1.807, 2.05) is 0 Å². The molecule has 0 saturated carbocycles. The van der Waals surface area contributed by atoms with Gasteiger partial charge in [0.1, 0.15) is 0 Å². The molecule has 0 nitrogen and oxygen atoms in total. The molecule has 0 spiro atoms. The summed E-state index contributed by atoms with van der Waals surface area (Å²) in [5.41, 5.74) is 10.9. The highest BCUT2D eigenvalue weighted by Crippen LogP contribution is 2.28. The molecular formula is C24H22. The molecule has 0 unspecified atom stereocenters. The molecule has 4 aliphatic rings. The van der Waals surface area contributed by atoms with Gasteiger partial charge in [-0.05, 0) is 71.2 Å². The summed E-state index contributed by atoms with van der Waals surface area (Å²) in [6.45, 7) is 4.43. The smallest absolute Gasteiger partial charge is 0.0155 e. The Labute approximate surface area is 144 Å². The van der Waals surface area contributed by atoms with E-state index in [0.717, 1.165) is 12.8 Å². The second-order valence-corrected chi connectivity index (χ2v) is 6.76. The molecule has 0 aliphatic heterocycles. The van der Waals surface area contributed by atoms with Crippen molar-refractivity contribution in [3.8, 4) is 22.3 Å². The van der Waals surface area contributed by atoms with E-state index in [9.17, 15) is 0 Å². The van der Waals surface area contributed by atoms with Gasteiger partial charge in [0.15, 0.2) is 0 Å². The first-order chi connectivity index (χ1) is 11.7. The van der Waals surface area contributed by atoms with Crippen LogP contribution in [-0.2, 0) is 12.8 Å². The largest absolute Gasteiger partial charge is 0.0610 e. The topological polar surface area (TPSA) is 0 Å². The summed E-state index contributed by atoms with van der Waals surface area (Å²) >= 11 is 0. The highest BCUT2D eigenvalue weighted by molar-refractivity contribution is 5.70. The van der Waals surface area contributed by atoms with Gasteiger partial charge >= 0.3 is 0 Å². The second kappa shape index (κ2) is 6.13. The first-order valence-corrected chi connectivity index (χ1v) is 8.67. The zero-order chi connectivity index (χ0) is 16.5. The molecule has 0 radical (unpaired) electrons. The van der Waals surface area contributed by atoms with Gasteiger partial charge in [0.25, 0.3) is 0 Å². The summed E-state index contributed by atoms with van der Waals surface area (Å²) in [6.07, 6.45) is 2.15. The maximum absolute atomic E-state index is 2.34. The van der Waals surface area contributed by atoms with E-state index in [4.69, 9.17) is 0 Å². The van der Waals surface area contributed by atoms with Crippen molar-refractivity contribution >= 4 is 0 Å². The standard InChI is InChI=1S/C24H22/c1-17-15-19(11-13-21-5-3-7-23(17)21)9-10-20-12-14-22-6-4-8-24(22)18(2)16-20/h3-8,11-16H,9-10H2,1-2H3. The lowest BCUT2D eigenvalue weighted by atomic mass is 10.0. The first kappa shape index (κ1) is 15.0. The third-order valence-corrected chi connectivity index (χ3v) is 5.01. The van der Waals surface area contributed by atoms with Crippen molar-refractivity contribution in [2.24, 2.45) is 0 Å². The Hall–Kier alpha value is -2.60. The summed E-state index contributed by atoms with van der Waals surface area (Å²) < 4.78 is 0. The summed E-state index contributed by atoms with van der Waals surface area (Å²) in [7, 11) is 0. The SMILES string of the molecule is Cc1cc(CCc2ccc3cccc-3c(C)c2)ccc2cccc1-2. The number of aryl methyl sites for hydroxylation is 4. The molecule has 0 saturated heterocycles. The lowest BCUT2D eigenvalue weighted by Crippen LogP contribution is -1.89. The van der Waals surface area contributed by atoms with Crippen LogP contribution in [0.5, 0.6) is 0 Å². The molecule has 0 heteroatoms. The van der Waals surface area contributed by atoms with Crippen molar-refractivity contribution in [1.29, 1.82) is 0 Å². The Bertz CT molecular complexity index is 854. The van der Waals surface area contributed by atoms with E-state index in [1.165, 1.54) is 44.5 Å². The van der Waals surface area contributed by atoms with Crippen LogP contribution in [0.4, 0.5) is 0 Å². The molecule has 0 aromatic heterocycles. The van der Waals surface area contributed by atoms with Gasteiger partial charge in [-0.2, -0.15) is 0 Å². The Morgan fingerprint density at radius 3 is 1.46 bits per heavy atom. The monoisotopic (exact) mass is 310 g/mol. The fourth-order valence-electron chi connectivity index (χ4n) is 3.68. The molecule has 118 valence electrons. The van der Waals surface area contributed by atoms with E-state index in [2.05, 4.69) is 86.6 Å². The van der Waals surface area contributed by atoms with Crippen LogP contribution in [-0.4, -0.2) is 0 Å². The van der Waals surface area contributed by atoms with Crippen molar-refractivity contribution in [3.05, 3.63) is 95.1 Å². The van der Waals surface area contributed by atoms with E-state index in [0.29, 0.717) is 0 Å². The van der Waals surface area contributed by atoms with Crippen LogP contribution >= 0.6 is 0 Å². The van der Waals surface area contributed by atoms with Gasteiger partial charge in [0.2, 0.25) is 0 Å². The van der Waals surface area contributed by atoms with E-state index in [-0.39, 0.29) is 0 Å². The van der Waals surface area contributed by atoms with Crippen LogP contribution < -0.4 is 0 Å². The van der Waals surface area contributed by atoms with Crippen molar-refractivity contribution in [1.82, 2.24) is 0 Å². The number of fused-ring (bicyclic) bond motifs is 2. The van der Waals surface area contributed by atoms with Crippen LogP contribution in [0.3, 0.4) is 0 Å². The number of hydrogen-bond acceptors (Lipinski definition) is 0.